The molecule has 0 aliphatic carbocycles. The quantitative estimate of drug-likeness (QED) is 0.214. The van der Waals surface area contributed by atoms with Gasteiger partial charge < -0.3 is 14.8 Å². The summed E-state index contributed by atoms with van der Waals surface area (Å²) in [7, 11) is 0. The minimum atomic E-state index is -0.442. The summed E-state index contributed by atoms with van der Waals surface area (Å²) in [4.78, 5) is 35.9. The highest BCUT2D eigenvalue weighted by Gasteiger charge is 2.13. The fourth-order valence-electron chi connectivity index (χ4n) is 2.44. The molecule has 2 N–H and O–H groups in total. The number of ether oxygens (including phenoxy) is 2. The number of carbonyl (C=O) groups is 3. The van der Waals surface area contributed by atoms with Crippen LogP contribution in [0.3, 0.4) is 0 Å². The Morgan fingerprint density at radius 1 is 1.03 bits per heavy atom. The van der Waals surface area contributed by atoms with Gasteiger partial charge in [0.05, 0.1) is 22.9 Å². The maximum atomic E-state index is 12.2. The van der Waals surface area contributed by atoms with Gasteiger partial charge in [-0.3, -0.25) is 14.9 Å². The van der Waals surface area contributed by atoms with Gasteiger partial charge in [-0.2, -0.15) is 0 Å². The number of hydrogen-bond donors (Lipinski definition) is 2. The molecule has 178 valence electrons. The van der Waals surface area contributed by atoms with Crippen molar-refractivity contribution in [3.05, 3.63) is 58.1 Å². The van der Waals surface area contributed by atoms with Gasteiger partial charge in [0.25, 0.3) is 5.91 Å². The molecule has 0 unspecified atom stereocenters. The van der Waals surface area contributed by atoms with Crippen LogP contribution < -0.4 is 15.4 Å². The van der Waals surface area contributed by atoms with Crippen molar-refractivity contribution in [2.45, 2.75) is 11.3 Å². The third-order valence-electron chi connectivity index (χ3n) is 3.91. The van der Waals surface area contributed by atoms with Crippen LogP contribution in [-0.2, 0) is 14.3 Å². The van der Waals surface area contributed by atoms with Gasteiger partial charge >= 0.3 is 5.97 Å². The lowest BCUT2D eigenvalue weighted by atomic mass is 10.2. The molecule has 3 aromatic rings. The summed E-state index contributed by atoms with van der Waals surface area (Å²) in [6, 6.07) is 11.1. The average Bonchev–Trinajstić information content (AvgIpc) is 3.25. The van der Waals surface area contributed by atoms with Crippen molar-refractivity contribution in [1.29, 1.82) is 0 Å². The van der Waals surface area contributed by atoms with Crippen molar-refractivity contribution >= 4 is 74.9 Å². The lowest BCUT2D eigenvalue weighted by molar-refractivity contribution is -0.118. The normalized spacial score (nSPS) is 10.4. The third kappa shape index (κ3) is 7.87. The fraction of sp³-hybridized carbons (Fsp3) is 0.190. The van der Waals surface area contributed by atoms with Crippen molar-refractivity contribution in [1.82, 2.24) is 10.2 Å². The largest absolute Gasteiger partial charge is 0.482 e. The Labute approximate surface area is 213 Å². The van der Waals surface area contributed by atoms with E-state index in [4.69, 9.17) is 32.7 Å². The molecule has 0 fully saturated rings. The zero-order valence-electron chi connectivity index (χ0n) is 17.7. The molecular formula is C21H18Cl2N4O5S2. The first-order valence-electron chi connectivity index (χ1n) is 9.75. The maximum Gasteiger partial charge on any atom is 0.338 e. The number of rotatable bonds is 10. The Morgan fingerprint density at radius 2 is 1.79 bits per heavy atom. The monoisotopic (exact) mass is 540 g/mol. The Hall–Kier alpha value is -2.86. The van der Waals surface area contributed by atoms with Gasteiger partial charge in [-0.25, -0.2) is 4.79 Å². The van der Waals surface area contributed by atoms with Gasteiger partial charge in [0.1, 0.15) is 5.75 Å². The molecule has 13 heteroatoms. The van der Waals surface area contributed by atoms with E-state index in [0.717, 1.165) is 11.3 Å². The highest BCUT2D eigenvalue weighted by molar-refractivity contribution is 8.01. The number of nitrogens with zero attached hydrogens (tertiary/aromatic N) is 2. The van der Waals surface area contributed by atoms with E-state index in [0.29, 0.717) is 31.4 Å². The van der Waals surface area contributed by atoms with Crippen LogP contribution in [0.15, 0.2) is 46.8 Å². The highest BCUT2D eigenvalue weighted by Crippen LogP contribution is 2.28. The maximum absolute atomic E-state index is 12.2. The predicted octanol–water partition coefficient (Wildman–Crippen LogP) is 4.77. The highest BCUT2D eigenvalue weighted by atomic mass is 35.5. The third-order valence-corrected chi connectivity index (χ3v) is 6.41. The standard InChI is InChI=1S/C21H18Cl2N4O5S2/c1-2-31-19(30)12-3-6-14(7-4-12)24-18(29)11-33-21-27-26-20(34-21)25-17(28)10-32-16-8-5-13(22)9-15(16)23/h3-9H,2,10-11H2,1H3,(H,24,29)(H,25,26,28). The van der Waals surface area contributed by atoms with Crippen LogP contribution in [0.1, 0.15) is 17.3 Å². The van der Waals surface area contributed by atoms with Crippen molar-refractivity contribution in [2.24, 2.45) is 0 Å². The number of aromatic nitrogens is 2. The summed E-state index contributed by atoms with van der Waals surface area (Å²) >= 11 is 14.1. The van der Waals surface area contributed by atoms with Gasteiger partial charge in [0.15, 0.2) is 10.9 Å². The van der Waals surface area contributed by atoms with Crippen LogP contribution in [-0.4, -0.2) is 46.9 Å². The number of carbonyl (C=O) groups excluding carboxylic acids is 3. The molecule has 0 saturated heterocycles. The first-order chi connectivity index (χ1) is 16.3. The van der Waals surface area contributed by atoms with Crippen molar-refractivity contribution in [3.63, 3.8) is 0 Å². The number of thioether (sulfide) groups is 1. The van der Waals surface area contributed by atoms with Crippen LogP contribution in [0, 0.1) is 0 Å². The van der Waals surface area contributed by atoms with E-state index in [1.165, 1.54) is 17.8 Å². The zero-order valence-corrected chi connectivity index (χ0v) is 20.8. The molecule has 2 aromatic carbocycles. The number of hydrogen-bond acceptors (Lipinski definition) is 9. The summed E-state index contributed by atoms with van der Waals surface area (Å²) in [5.41, 5.74) is 0.948. The summed E-state index contributed by atoms with van der Waals surface area (Å²) in [5.74, 6) is -0.710. The van der Waals surface area contributed by atoms with E-state index in [1.54, 1.807) is 43.3 Å². The second-order valence-corrected chi connectivity index (χ2v) is 9.46. The lowest BCUT2D eigenvalue weighted by Gasteiger charge is -2.07. The van der Waals surface area contributed by atoms with Gasteiger partial charge in [-0.05, 0) is 49.4 Å². The van der Waals surface area contributed by atoms with Crippen LogP contribution in [0.25, 0.3) is 0 Å². The number of nitrogens with one attached hydrogen (secondary N) is 2. The Balaban J connectivity index is 1.42. The lowest BCUT2D eigenvalue weighted by Crippen LogP contribution is -2.20. The summed E-state index contributed by atoms with van der Waals surface area (Å²) in [6.07, 6.45) is 0. The Bertz CT molecular complexity index is 1170. The summed E-state index contributed by atoms with van der Waals surface area (Å²) in [5, 5.41) is 14.2. The van der Waals surface area contributed by atoms with Gasteiger partial charge in [-0.15, -0.1) is 10.2 Å². The van der Waals surface area contributed by atoms with E-state index in [9.17, 15) is 14.4 Å². The molecule has 34 heavy (non-hydrogen) atoms. The van der Waals surface area contributed by atoms with Gasteiger partial charge in [0.2, 0.25) is 11.0 Å². The molecule has 0 radical (unpaired) electrons. The number of anilines is 2. The molecule has 1 heterocycles. The minimum absolute atomic E-state index is 0.0837. The smallest absolute Gasteiger partial charge is 0.338 e. The van der Waals surface area contributed by atoms with Crippen LogP contribution >= 0.6 is 46.3 Å². The SMILES string of the molecule is CCOC(=O)c1ccc(NC(=O)CSc2nnc(NC(=O)COc3ccc(Cl)cc3Cl)s2)cc1. The van der Waals surface area contributed by atoms with Gasteiger partial charge in [0, 0.05) is 10.7 Å². The molecule has 0 aliphatic rings. The number of halogens is 2. The van der Waals surface area contributed by atoms with Crippen LogP contribution in [0.4, 0.5) is 10.8 Å². The zero-order chi connectivity index (χ0) is 24.5. The molecule has 2 amide bonds. The minimum Gasteiger partial charge on any atom is -0.482 e. The van der Waals surface area contributed by atoms with E-state index >= 15 is 0 Å². The number of amides is 2. The topological polar surface area (TPSA) is 120 Å². The van der Waals surface area contributed by atoms with E-state index in [2.05, 4.69) is 20.8 Å². The second kappa shape index (κ2) is 12.6. The molecule has 3 rings (SSSR count). The number of esters is 1. The summed E-state index contributed by atoms with van der Waals surface area (Å²) in [6.45, 7) is 1.74. The molecule has 0 spiro atoms. The molecule has 1 aromatic heterocycles. The first-order valence-corrected chi connectivity index (χ1v) is 12.3. The predicted molar refractivity (Wildman–Crippen MR) is 132 cm³/mol. The van der Waals surface area contributed by atoms with E-state index in [-0.39, 0.29) is 30.0 Å². The number of benzene rings is 2. The van der Waals surface area contributed by atoms with Crippen molar-refractivity contribution in [2.75, 3.05) is 29.6 Å². The molecule has 0 aliphatic heterocycles. The molecule has 0 atom stereocenters. The fourth-order valence-corrected chi connectivity index (χ4v) is 4.47. The average molecular weight is 541 g/mol. The van der Waals surface area contributed by atoms with Gasteiger partial charge in [-0.1, -0.05) is 46.3 Å². The molecule has 0 bridgehead atoms. The molecular weight excluding hydrogens is 523 g/mol. The molecule has 0 saturated carbocycles. The van der Waals surface area contributed by atoms with Crippen molar-refractivity contribution < 1.29 is 23.9 Å². The summed E-state index contributed by atoms with van der Waals surface area (Å²) < 4.78 is 10.8. The van der Waals surface area contributed by atoms with Crippen molar-refractivity contribution in [3.8, 4) is 5.75 Å². The second-order valence-electron chi connectivity index (χ2n) is 6.42. The van der Waals surface area contributed by atoms with E-state index in [1.807, 2.05) is 0 Å². The Morgan fingerprint density at radius 3 is 2.50 bits per heavy atom. The van der Waals surface area contributed by atoms with Crippen LogP contribution in [0.2, 0.25) is 10.0 Å². The first kappa shape index (κ1) is 25.8. The van der Waals surface area contributed by atoms with Crippen LogP contribution in [0.5, 0.6) is 5.75 Å². The van der Waals surface area contributed by atoms with E-state index < -0.39 is 11.9 Å². The molecule has 9 nitrogen and oxygen atoms in total. The Kier molecular flexibility index (Phi) is 9.52.